The molecule has 0 spiro atoms. The zero-order chi connectivity index (χ0) is 25.8. The monoisotopic (exact) mass is 541 g/mol. The summed E-state index contributed by atoms with van der Waals surface area (Å²) < 4.78 is 1.79. The van der Waals surface area contributed by atoms with E-state index in [1.807, 2.05) is 63.4 Å². The third-order valence-electron chi connectivity index (χ3n) is 5.64. The van der Waals surface area contributed by atoms with Gasteiger partial charge in [0.1, 0.15) is 0 Å². The van der Waals surface area contributed by atoms with Crippen molar-refractivity contribution in [1.82, 2.24) is 20.1 Å². The third-order valence-corrected chi connectivity index (χ3v) is 7.21. The Hall–Kier alpha value is -3.07. The van der Waals surface area contributed by atoms with Crippen LogP contribution in [0.25, 0.3) is 10.8 Å². The molecule has 0 aliphatic heterocycles. The molecule has 0 fully saturated rings. The predicted molar refractivity (Wildman–Crippen MR) is 146 cm³/mol. The number of benzene rings is 3. The summed E-state index contributed by atoms with van der Waals surface area (Å²) in [6.07, 6.45) is 0. The van der Waals surface area contributed by atoms with E-state index in [2.05, 4.69) is 20.8 Å². The molecular formula is C26H25Cl2N5O2S. The Morgan fingerprint density at radius 1 is 1.00 bits per heavy atom. The molecule has 1 atom stereocenters. The normalized spacial score (nSPS) is 12.1. The van der Waals surface area contributed by atoms with E-state index in [1.54, 1.807) is 16.7 Å². The Bertz CT molecular complexity index is 1420. The van der Waals surface area contributed by atoms with Gasteiger partial charge in [-0.2, -0.15) is 0 Å². The molecule has 1 heterocycles. The van der Waals surface area contributed by atoms with Crippen molar-refractivity contribution in [2.24, 2.45) is 13.0 Å². The van der Waals surface area contributed by atoms with Crippen LogP contribution in [0.4, 0.5) is 5.69 Å². The maximum Gasteiger partial charge on any atom is 0.253 e. The van der Waals surface area contributed by atoms with E-state index in [-0.39, 0.29) is 28.5 Å². The van der Waals surface area contributed by atoms with Gasteiger partial charge < -0.3 is 15.2 Å². The Morgan fingerprint density at radius 3 is 2.47 bits per heavy atom. The van der Waals surface area contributed by atoms with Gasteiger partial charge in [0.25, 0.3) is 5.91 Å². The molecule has 3 aromatic carbocycles. The molecule has 0 radical (unpaired) electrons. The lowest BCUT2D eigenvalue weighted by Crippen LogP contribution is -2.33. The highest BCUT2D eigenvalue weighted by Crippen LogP contribution is 2.27. The number of anilines is 1. The number of thioether (sulfide) groups is 1. The van der Waals surface area contributed by atoms with Crippen molar-refractivity contribution in [2.45, 2.75) is 25.0 Å². The zero-order valence-corrected chi connectivity index (χ0v) is 22.3. The fourth-order valence-electron chi connectivity index (χ4n) is 3.74. The molecule has 1 aromatic heterocycles. The lowest BCUT2D eigenvalue weighted by molar-refractivity contribution is -0.113. The minimum Gasteiger partial charge on any atom is -0.342 e. The number of nitrogens with zero attached hydrogens (tertiary/aromatic N) is 3. The molecule has 0 aliphatic rings. The zero-order valence-electron chi connectivity index (χ0n) is 20.0. The van der Waals surface area contributed by atoms with Gasteiger partial charge in [-0.15, -0.1) is 10.2 Å². The summed E-state index contributed by atoms with van der Waals surface area (Å²) in [5, 5.41) is 18.0. The van der Waals surface area contributed by atoms with Gasteiger partial charge in [-0.3, -0.25) is 9.59 Å². The van der Waals surface area contributed by atoms with E-state index in [9.17, 15) is 9.59 Å². The van der Waals surface area contributed by atoms with E-state index in [0.29, 0.717) is 21.6 Å². The van der Waals surface area contributed by atoms with Gasteiger partial charge in [0.2, 0.25) is 5.91 Å². The lowest BCUT2D eigenvalue weighted by Gasteiger charge is -2.22. The maximum atomic E-state index is 12.9. The van der Waals surface area contributed by atoms with Gasteiger partial charge in [-0.05, 0) is 47.0 Å². The second-order valence-corrected chi connectivity index (χ2v) is 10.4. The Kier molecular flexibility index (Phi) is 8.18. The third kappa shape index (κ3) is 6.00. The molecule has 4 aromatic rings. The molecule has 2 amide bonds. The van der Waals surface area contributed by atoms with Gasteiger partial charge in [-0.1, -0.05) is 79.1 Å². The molecule has 10 heteroatoms. The van der Waals surface area contributed by atoms with E-state index in [1.165, 1.54) is 17.8 Å². The van der Waals surface area contributed by atoms with E-state index in [0.717, 1.165) is 16.5 Å². The second kappa shape index (κ2) is 11.3. The Balaban J connectivity index is 1.42. The number of hydrogen-bond donors (Lipinski definition) is 2. The van der Waals surface area contributed by atoms with Gasteiger partial charge in [-0.25, -0.2) is 0 Å². The molecule has 0 bridgehead atoms. The molecule has 36 heavy (non-hydrogen) atoms. The number of rotatable bonds is 8. The summed E-state index contributed by atoms with van der Waals surface area (Å²) in [6, 6.07) is 18.1. The van der Waals surface area contributed by atoms with Crippen LogP contribution in [0, 0.1) is 5.92 Å². The predicted octanol–water partition coefficient (Wildman–Crippen LogP) is 6.13. The van der Waals surface area contributed by atoms with Crippen LogP contribution >= 0.6 is 35.0 Å². The largest absolute Gasteiger partial charge is 0.342 e. The first-order valence-electron chi connectivity index (χ1n) is 11.3. The number of carbonyl (C=O) groups is 2. The highest BCUT2D eigenvalue weighted by atomic mass is 35.5. The van der Waals surface area contributed by atoms with Crippen LogP contribution < -0.4 is 10.6 Å². The fourth-order valence-corrected chi connectivity index (χ4v) is 4.95. The van der Waals surface area contributed by atoms with Crippen molar-refractivity contribution < 1.29 is 9.59 Å². The SMILES string of the molecule is CC(C)[C@H](NC(=O)c1ccc(Cl)cc1Cl)c1nnc(SCC(=O)Nc2ccc3ccccc3c2)n1C. The van der Waals surface area contributed by atoms with Crippen molar-refractivity contribution in [3.8, 4) is 0 Å². The van der Waals surface area contributed by atoms with Crippen LogP contribution in [0.2, 0.25) is 10.0 Å². The molecule has 0 aliphatic carbocycles. The van der Waals surface area contributed by atoms with Crippen LogP contribution in [0.15, 0.2) is 65.8 Å². The summed E-state index contributed by atoms with van der Waals surface area (Å²) in [5.74, 6) is 0.295. The summed E-state index contributed by atoms with van der Waals surface area (Å²) in [5.41, 5.74) is 1.07. The summed E-state index contributed by atoms with van der Waals surface area (Å²) in [6.45, 7) is 3.96. The molecule has 7 nitrogen and oxygen atoms in total. The van der Waals surface area contributed by atoms with Crippen LogP contribution in [0.5, 0.6) is 0 Å². The van der Waals surface area contributed by atoms with Crippen LogP contribution in [0.1, 0.15) is 36.1 Å². The molecule has 0 unspecified atom stereocenters. The molecule has 0 saturated heterocycles. The average molecular weight is 542 g/mol. The summed E-state index contributed by atoms with van der Waals surface area (Å²) >= 11 is 13.4. The molecule has 186 valence electrons. The second-order valence-electron chi connectivity index (χ2n) is 8.62. The number of hydrogen-bond acceptors (Lipinski definition) is 5. The van der Waals surface area contributed by atoms with Gasteiger partial charge in [0, 0.05) is 17.8 Å². The van der Waals surface area contributed by atoms with E-state index >= 15 is 0 Å². The number of amides is 2. The minimum absolute atomic E-state index is 0.0250. The standard InChI is InChI=1S/C26H25Cl2N5O2S/c1-15(2)23(30-25(35)20-11-9-18(27)13-21(20)28)24-31-32-26(33(24)3)36-14-22(34)29-19-10-8-16-6-4-5-7-17(16)12-19/h4-13,15,23H,14H2,1-3H3,(H,29,34)(H,30,35)/t23-/m0/s1. The van der Waals surface area contributed by atoms with Crippen LogP contribution in [-0.2, 0) is 11.8 Å². The highest BCUT2D eigenvalue weighted by molar-refractivity contribution is 7.99. The number of aromatic nitrogens is 3. The molecule has 4 rings (SSSR count). The van der Waals surface area contributed by atoms with Crippen molar-refractivity contribution >= 4 is 63.2 Å². The number of halogens is 2. The first-order valence-corrected chi connectivity index (χ1v) is 13.0. The first kappa shape index (κ1) is 26.0. The maximum absolute atomic E-state index is 12.9. The highest BCUT2D eigenvalue weighted by Gasteiger charge is 2.26. The summed E-state index contributed by atoms with van der Waals surface area (Å²) in [7, 11) is 1.82. The van der Waals surface area contributed by atoms with Gasteiger partial charge >= 0.3 is 0 Å². The quantitative estimate of drug-likeness (QED) is 0.262. The molecular weight excluding hydrogens is 517 g/mol. The smallest absolute Gasteiger partial charge is 0.253 e. The molecule has 2 N–H and O–H groups in total. The van der Waals surface area contributed by atoms with Gasteiger partial charge in [0.05, 0.1) is 22.4 Å². The topological polar surface area (TPSA) is 88.9 Å². The fraction of sp³-hybridized carbons (Fsp3) is 0.231. The Labute approximate surface area is 223 Å². The van der Waals surface area contributed by atoms with E-state index in [4.69, 9.17) is 23.2 Å². The minimum atomic E-state index is -0.414. The van der Waals surface area contributed by atoms with Crippen molar-refractivity contribution in [3.05, 3.63) is 82.1 Å². The van der Waals surface area contributed by atoms with Crippen molar-refractivity contribution in [1.29, 1.82) is 0 Å². The van der Waals surface area contributed by atoms with Crippen LogP contribution in [-0.4, -0.2) is 32.3 Å². The van der Waals surface area contributed by atoms with Crippen molar-refractivity contribution in [2.75, 3.05) is 11.1 Å². The molecule has 0 saturated carbocycles. The number of nitrogens with one attached hydrogen (secondary N) is 2. The first-order chi connectivity index (χ1) is 17.2. The van der Waals surface area contributed by atoms with Crippen molar-refractivity contribution in [3.63, 3.8) is 0 Å². The Morgan fingerprint density at radius 2 is 1.75 bits per heavy atom. The number of fused-ring (bicyclic) bond motifs is 1. The van der Waals surface area contributed by atoms with E-state index < -0.39 is 6.04 Å². The number of carbonyl (C=O) groups excluding carboxylic acids is 2. The average Bonchev–Trinajstić information content (AvgIpc) is 3.20. The lowest BCUT2D eigenvalue weighted by atomic mass is 10.0. The van der Waals surface area contributed by atoms with Gasteiger partial charge in [0.15, 0.2) is 11.0 Å². The van der Waals surface area contributed by atoms with Crippen LogP contribution in [0.3, 0.4) is 0 Å². The summed E-state index contributed by atoms with van der Waals surface area (Å²) in [4.78, 5) is 25.5.